The van der Waals surface area contributed by atoms with E-state index in [0.717, 1.165) is 0 Å². The minimum absolute atomic E-state index is 0.0644. The third-order valence-corrected chi connectivity index (χ3v) is 5.38. The number of carbonyl (C=O) groups excluding carboxylic acids is 1. The Hall–Kier alpha value is -2.55. The van der Waals surface area contributed by atoms with Gasteiger partial charge in [-0.1, -0.05) is 12.5 Å². The third kappa shape index (κ3) is 3.92. The first kappa shape index (κ1) is 20.8. The van der Waals surface area contributed by atoms with Crippen LogP contribution in [0.3, 0.4) is 0 Å². The van der Waals surface area contributed by atoms with Gasteiger partial charge in [-0.25, -0.2) is 5.43 Å². The molecule has 0 fully saturated rings. The Balaban J connectivity index is 2.68. The molecular weight excluding hydrogens is 372 g/mol. The third-order valence-electron chi connectivity index (χ3n) is 4.60. The summed E-state index contributed by atoms with van der Waals surface area (Å²) < 4.78 is 40.5. The van der Waals surface area contributed by atoms with Gasteiger partial charge in [0.2, 0.25) is 16.2 Å². The number of amides is 1. The van der Waals surface area contributed by atoms with Crippen molar-refractivity contribution in [1.29, 1.82) is 0 Å². The van der Waals surface area contributed by atoms with E-state index in [4.69, 9.17) is 14.2 Å². The van der Waals surface area contributed by atoms with E-state index < -0.39 is 16.2 Å². The van der Waals surface area contributed by atoms with Crippen molar-refractivity contribution in [2.45, 2.75) is 27.2 Å². The van der Waals surface area contributed by atoms with Crippen LogP contribution in [0.1, 0.15) is 27.2 Å². The van der Waals surface area contributed by atoms with Gasteiger partial charge in [0.15, 0.2) is 11.5 Å². The highest BCUT2D eigenvalue weighted by molar-refractivity contribution is 7.73. The van der Waals surface area contributed by atoms with Crippen molar-refractivity contribution < 1.29 is 27.4 Å². The van der Waals surface area contributed by atoms with Crippen molar-refractivity contribution in [1.82, 2.24) is 5.43 Å². The molecular formula is C18H24N2O6S. The summed E-state index contributed by atoms with van der Waals surface area (Å²) >= 11 is 0. The SMILES string of the molecule is COC1=C(C)C(OC)=C(OC)C(C(C)=CC2=NNC(=O)CC2C)C1=S(=O)=O. The van der Waals surface area contributed by atoms with Gasteiger partial charge in [-0.3, -0.25) is 4.79 Å². The van der Waals surface area contributed by atoms with Gasteiger partial charge in [0.25, 0.3) is 0 Å². The van der Waals surface area contributed by atoms with E-state index in [1.54, 1.807) is 19.9 Å². The molecule has 1 amide bonds. The Kier molecular flexibility index (Phi) is 6.48. The lowest BCUT2D eigenvalue weighted by atomic mass is 9.84. The second kappa shape index (κ2) is 8.43. The van der Waals surface area contributed by atoms with E-state index in [9.17, 15) is 13.2 Å². The standard InChI is InChI=1S/C18H24N2O6S/c1-9-8-13(21)20-19-12(9)7-10(2)14-17(26-6)15(24-4)11(3)16(25-5)18(14)27(22)23/h7,9,14H,8H2,1-6H3,(H,20,21). The van der Waals surface area contributed by atoms with Gasteiger partial charge in [-0.05, 0) is 19.9 Å². The van der Waals surface area contributed by atoms with Crippen molar-refractivity contribution in [3.05, 3.63) is 34.5 Å². The number of allylic oxidation sites excluding steroid dienone is 4. The highest BCUT2D eigenvalue weighted by Crippen LogP contribution is 2.37. The average molecular weight is 396 g/mol. The van der Waals surface area contributed by atoms with Crippen LogP contribution in [0.2, 0.25) is 0 Å². The van der Waals surface area contributed by atoms with Crippen LogP contribution in [-0.4, -0.2) is 46.2 Å². The molecule has 0 aromatic rings. The molecule has 1 N–H and O–H groups in total. The number of hydrogen-bond acceptors (Lipinski definition) is 7. The van der Waals surface area contributed by atoms with Gasteiger partial charge < -0.3 is 14.2 Å². The van der Waals surface area contributed by atoms with Gasteiger partial charge in [0.05, 0.1) is 33.0 Å². The summed E-state index contributed by atoms with van der Waals surface area (Å²) in [5.41, 5.74) is 4.31. The molecule has 0 saturated carbocycles. The van der Waals surface area contributed by atoms with Crippen molar-refractivity contribution in [3.63, 3.8) is 0 Å². The van der Waals surface area contributed by atoms with Crippen LogP contribution < -0.4 is 5.43 Å². The van der Waals surface area contributed by atoms with Crippen LogP contribution in [0.15, 0.2) is 39.6 Å². The summed E-state index contributed by atoms with van der Waals surface area (Å²) in [7, 11) is 1.82. The molecule has 2 aliphatic rings. The first-order chi connectivity index (χ1) is 12.8. The summed E-state index contributed by atoms with van der Waals surface area (Å²) in [6.07, 6.45) is 2.08. The number of carbonyl (C=O) groups is 1. The Morgan fingerprint density at radius 2 is 1.81 bits per heavy atom. The molecule has 9 heteroatoms. The lowest BCUT2D eigenvalue weighted by molar-refractivity contribution is -0.121. The van der Waals surface area contributed by atoms with Gasteiger partial charge in [-0.2, -0.15) is 13.5 Å². The van der Waals surface area contributed by atoms with Crippen LogP contribution in [0.4, 0.5) is 0 Å². The lowest BCUT2D eigenvalue weighted by Gasteiger charge is -2.30. The molecule has 1 aliphatic carbocycles. The van der Waals surface area contributed by atoms with Crippen molar-refractivity contribution in [2.24, 2.45) is 16.9 Å². The number of methoxy groups -OCH3 is 3. The van der Waals surface area contributed by atoms with Crippen LogP contribution in [0.5, 0.6) is 0 Å². The Morgan fingerprint density at radius 1 is 1.19 bits per heavy atom. The van der Waals surface area contributed by atoms with Crippen molar-refractivity contribution in [2.75, 3.05) is 21.3 Å². The minimum atomic E-state index is -2.55. The molecule has 1 heterocycles. The maximum absolute atomic E-state index is 12.1. The van der Waals surface area contributed by atoms with E-state index in [1.807, 2.05) is 6.92 Å². The summed E-state index contributed by atoms with van der Waals surface area (Å²) in [5.74, 6) is 0.0574. The maximum Gasteiger partial charge on any atom is 0.240 e. The van der Waals surface area contributed by atoms with Crippen molar-refractivity contribution >= 4 is 26.8 Å². The quantitative estimate of drug-likeness (QED) is 0.707. The maximum atomic E-state index is 12.1. The highest BCUT2D eigenvalue weighted by atomic mass is 32.2. The zero-order chi connectivity index (χ0) is 20.3. The number of nitrogens with zero attached hydrogens (tertiary/aromatic N) is 1. The Labute approximate surface area is 160 Å². The van der Waals surface area contributed by atoms with Gasteiger partial charge >= 0.3 is 0 Å². The normalized spacial score (nSPS) is 23.8. The molecule has 148 valence electrons. The fourth-order valence-corrected chi connectivity index (χ4v) is 4.19. The molecule has 0 saturated heterocycles. The summed E-state index contributed by atoms with van der Waals surface area (Å²) in [6, 6.07) is 0. The summed E-state index contributed by atoms with van der Waals surface area (Å²) in [5, 5.41) is 4.09. The first-order valence-corrected chi connectivity index (χ1v) is 9.42. The lowest BCUT2D eigenvalue weighted by Crippen LogP contribution is -2.32. The van der Waals surface area contributed by atoms with Crippen LogP contribution in [0, 0.1) is 11.8 Å². The van der Waals surface area contributed by atoms with Gasteiger partial charge in [0.1, 0.15) is 10.6 Å². The van der Waals surface area contributed by atoms with E-state index >= 15 is 0 Å². The molecule has 2 rings (SSSR count). The fraction of sp³-hybridized carbons (Fsp3) is 0.500. The van der Waals surface area contributed by atoms with Crippen molar-refractivity contribution in [3.8, 4) is 0 Å². The summed E-state index contributed by atoms with van der Waals surface area (Å²) in [4.78, 5) is 11.5. The van der Waals surface area contributed by atoms with E-state index in [-0.39, 0.29) is 22.4 Å². The Morgan fingerprint density at radius 3 is 2.30 bits per heavy atom. The number of ether oxygens (including phenoxy) is 3. The second-order valence-corrected chi connectivity index (χ2v) is 7.27. The predicted octanol–water partition coefficient (Wildman–Crippen LogP) is 1.55. The molecule has 27 heavy (non-hydrogen) atoms. The number of hydrazone groups is 1. The molecule has 2 unspecified atom stereocenters. The van der Waals surface area contributed by atoms with E-state index in [2.05, 4.69) is 10.5 Å². The Bertz CT molecular complexity index is 900. The smallest absolute Gasteiger partial charge is 0.240 e. The van der Waals surface area contributed by atoms with Crippen LogP contribution in [-0.2, 0) is 29.3 Å². The largest absolute Gasteiger partial charge is 0.496 e. The number of hydrogen-bond donors (Lipinski definition) is 1. The highest BCUT2D eigenvalue weighted by Gasteiger charge is 2.38. The zero-order valence-corrected chi connectivity index (χ0v) is 17.1. The molecule has 0 aromatic carbocycles. The molecule has 2 atom stereocenters. The predicted molar refractivity (Wildman–Crippen MR) is 101 cm³/mol. The molecule has 0 bridgehead atoms. The van der Waals surface area contributed by atoms with E-state index in [1.165, 1.54) is 21.3 Å². The second-order valence-electron chi connectivity index (χ2n) is 6.36. The molecule has 0 aromatic heterocycles. The number of rotatable bonds is 5. The van der Waals surface area contributed by atoms with Crippen LogP contribution in [0.25, 0.3) is 0 Å². The van der Waals surface area contributed by atoms with Crippen LogP contribution >= 0.6 is 0 Å². The first-order valence-electron chi connectivity index (χ1n) is 8.35. The van der Waals surface area contributed by atoms with Gasteiger partial charge in [-0.15, -0.1) is 0 Å². The molecule has 8 nitrogen and oxygen atoms in total. The molecule has 0 radical (unpaired) electrons. The van der Waals surface area contributed by atoms with E-state index in [0.29, 0.717) is 34.8 Å². The monoisotopic (exact) mass is 396 g/mol. The minimum Gasteiger partial charge on any atom is -0.496 e. The average Bonchev–Trinajstić information content (AvgIpc) is 2.62. The number of nitrogens with one attached hydrogen (secondary N) is 1. The topological polar surface area (TPSA) is 103 Å². The summed E-state index contributed by atoms with van der Waals surface area (Å²) in [6.45, 7) is 5.38. The zero-order valence-electron chi connectivity index (χ0n) is 16.2. The molecule has 0 spiro atoms. The fourth-order valence-electron chi connectivity index (χ4n) is 3.31. The molecule has 1 aliphatic heterocycles. The van der Waals surface area contributed by atoms with Gasteiger partial charge in [0, 0.05) is 17.9 Å².